The van der Waals surface area contributed by atoms with E-state index in [0.29, 0.717) is 0 Å². The number of hydrogen-bond donors (Lipinski definition) is 3. The first-order valence-electron chi connectivity index (χ1n) is 8.02. The molecular weight excluding hydrogens is 352 g/mol. The second kappa shape index (κ2) is 7.67. The number of carbonyl (C=O) groups excluding carboxylic acids is 2. The molecule has 2 amide bonds. The van der Waals surface area contributed by atoms with Gasteiger partial charge in [-0.1, -0.05) is 42.5 Å². The number of fused-ring (bicyclic) bond motifs is 1. The zero-order valence-corrected chi connectivity index (χ0v) is 14.0. The molecule has 1 aromatic heterocycles. The van der Waals surface area contributed by atoms with E-state index in [0.717, 1.165) is 28.5 Å². The number of furan rings is 1. The van der Waals surface area contributed by atoms with Crippen molar-refractivity contribution in [3.05, 3.63) is 76.0 Å². The van der Waals surface area contributed by atoms with Gasteiger partial charge in [-0.3, -0.25) is 30.6 Å². The number of nitrogens with two attached hydrogens (primary N) is 1. The largest absolute Gasteiger partial charge is 0.433 e. The molecule has 3 rings (SSSR count). The van der Waals surface area contributed by atoms with E-state index in [1.165, 1.54) is 0 Å². The molecule has 0 aliphatic rings. The molecular formula is C18H16N4O5. The summed E-state index contributed by atoms with van der Waals surface area (Å²) >= 11 is 0. The van der Waals surface area contributed by atoms with E-state index in [2.05, 4.69) is 10.9 Å². The zero-order chi connectivity index (χ0) is 19.4. The van der Waals surface area contributed by atoms with Crippen molar-refractivity contribution in [3.63, 3.8) is 0 Å². The quantitative estimate of drug-likeness (QED) is 0.462. The number of hydrogen-bond acceptors (Lipinski definition) is 6. The maximum Gasteiger partial charge on any atom is 0.433 e. The van der Waals surface area contributed by atoms with Crippen molar-refractivity contribution in [3.8, 4) is 0 Å². The van der Waals surface area contributed by atoms with Crippen molar-refractivity contribution in [1.82, 2.24) is 10.9 Å². The van der Waals surface area contributed by atoms with Crippen LogP contribution in [0.15, 0.2) is 59.0 Å². The van der Waals surface area contributed by atoms with Crippen LogP contribution in [0.1, 0.15) is 16.1 Å². The molecule has 0 bridgehead atoms. The molecule has 0 radical (unpaired) electrons. The molecule has 0 fully saturated rings. The first-order chi connectivity index (χ1) is 13.0. The van der Waals surface area contributed by atoms with Crippen LogP contribution in [-0.4, -0.2) is 22.8 Å². The average Bonchev–Trinajstić information content (AvgIpc) is 3.16. The molecule has 3 aromatic rings. The number of nitro groups is 1. The van der Waals surface area contributed by atoms with Crippen molar-refractivity contribution in [1.29, 1.82) is 0 Å². The number of amides is 2. The Balaban J connectivity index is 1.60. The third kappa shape index (κ3) is 4.10. The Morgan fingerprint density at radius 3 is 2.56 bits per heavy atom. The number of benzene rings is 2. The van der Waals surface area contributed by atoms with Crippen molar-refractivity contribution >= 4 is 28.5 Å². The van der Waals surface area contributed by atoms with Crippen LogP contribution >= 0.6 is 0 Å². The van der Waals surface area contributed by atoms with Crippen LogP contribution in [0, 0.1) is 10.1 Å². The van der Waals surface area contributed by atoms with Gasteiger partial charge in [0.1, 0.15) is 4.92 Å². The van der Waals surface area contributed by atoms with Crippen molar-refractivity contribution in [2.45, 2.75) is 12.5 Å². The Morgan fingerprint density at radius 1 is 1.07 bits per heavy atom. The third-order valence-electron chi connectivity index (χ3n) is 3.95. The first kappa shape index (κ1) is 18.1. The fourth-order valence-corrected chi connectivity index (χ4v) is 2.62. The van der Waals surface area contributed by atoms with Crippen LogP contribution in [0.25, 0.3) is 10.8 Å². The molecule has 0 saturated heterocycles. The summed E-state index contributed by atoms with van der Waals surface area (Å²) in [6.45, 7) is 0. The van der Waals surface area contributed by atoms with E-state index in [-0.39, 0.29) is 12.2 Å². The molecule has 138 valence electrons. The lowest BCUT2D eigenvalue weighted by atomic mass is 9.99. The van der Waals surface area contributed by atoms with Crippen LogP contribution < -0.4 is 16.6 Å². The summed E-state index contributed by atoms with van der Waals surface area (Å²) in [4.78, 5) is 33.8. The fourth-order valence-electron chi connectivity index (χ4n) is 2.62. The van der Waals surface area contributed by atoms with Gasteiger partial charge in [0.15, 0.2) is 0 Å². The van der Waals surface area contributed by atoms with E-state index < -0.39 is 28.7 Å². The second-order valence-corrected chi connectivity index (χ2v) is 5.79. The van der Waals surface area contributed by atoms with Gasteiger partial charge in [-0.2, -0.15) is 0 Å². The Bertz CT molecular complexity index is 1010. The lowest BCUT2D eigenvalue weighted by Crippen LogP contribution is -2.50. The van der Waals surface area contributed by atoms with Crippen LogP contribution in [0.5, 0.6) is 0 Å². The summed E-state index contributed by atoms with van der Waals surface area (Å²) in [5, 5.41) is 12.6. The Labute approximate surface area is 153 Å². The van der Waals surface area contributed by atoms with Crippen molar-refractivity contribution in [2.75, 3.05) is 0 Å². The Hall–Kier alpha value is -3.72. The van der Waals surface area contributed by atoms with E-state index in [4.69, 9.17) is 10.2 Å². The van der Waals surface area contributed by atoms with Gasteiger partial charge in [-0.15, -0.1) is 0 Å². The Kier molecular flexibility index (Phi) is 5.13. The minimum Gasteiger partial charge on any atom is -0.395 e. The third-order valence-corrected chi connectivity index (χ3v) is 3.95. The van der Waals surface area contributed by atoms with E-state index >= 15 is 0 Å². The SMILES string of the molecule is NC(Cc1cccc2ccccc12)C(=O)NNC(=O)c1ccc([N+](=O)[O-])o1. The van der Waals surface area contributed by atoms with Crippen LogP contribution in [0.3, 0.4) is 0 Å². The molecule has 9 nitrogen and oxygen atoms in total. The van der Waals surface area contributed by atoms with Gasteiger partial charge in [0.25, 0.3) is 5.91 Å². The van der Waals surface area contributed by atoms with E-state index in [1.54, 1.807) is 0 Å². The maximum atomic E-state index is 12.1. The highest BCUT2D eigenvalue weighted by Crippen LogP contribution is 2.19. The monoisotopic (exact) mass is 368 g/mol. The van der Waals surface area contributed by atoms with Gasteiger partial charge < -0.3 is 10.2 Å². The van der Waals surface area contributed by atoms with Gasteiger partial charge in [-0.25, -0.2) is 0 Å². The predicted octanol–water partition coefficient (Wildman–Crippen LogP) is 1.67. The smallest absolute Gasteiger partial charge is 0.395 e. The number of nitrogens with one attached hydrogen (secondary N) is 2. The molecule has 0 saturated carbocycles. The highest BCUT2D eigenvalue weighted by Gasteiger charge is 2.20. The maximum absolute atomic E-state index is 12.1. The van der Waals surface area contributed by atoms with Crippen molar-refractivity contribution < 1.29 is 18.9 Å². The summed E-state index contributed by atoms with van der Waals surface area (Å²) in [7, 11) is 0. The van der Waals surface area contributed by atoms with Gasteiger partial charge >= 0.3 is 11.8 Å². The topological polar surface area (TPSA) is 140 Å². The lowest BCUT2D eigenvalue weighted by molar-refractivity contribution is -0.402. The molecule has 0 aliphatic carbocycles. The normalized spacial score (nSPS) is 11.7. The highest BCUT2D eigenvalue weighted by atomic mass is 16.6. The van der Waals surface area contributed by atoms with Gasteiger partial charge in [-0.05, 0) is 28.8 Å². The van der Waals surface area contributed by atoms with Gasteiger partial charge in [0, 0.05) is 0 Å². The molecule has 1 atom stereocenters. The molecule has 9 heteroatoms. The Morgan fingerprint density at radius 2 is 1.81 bits per heavy atom. The zero-order valence-electron chi connectivity index (χ0n) is 14.0. The van der Waals surface area contributed by atoms with E-state index in [9.17, 15) is 19.7 Å². The summed E-state index contributed by atoms with van der Waals surface area (Å²) < 4.78 is 4.75. The fraction of sp³-hybridized carbons (Fsp3) is 0.111. The number of rotatable bonds is 5. The van der Waals surface area contributed by atoms with Crippen LogP contribution in [-0.2, 0) is 11.2 Å². The highest BCUT2D eigenvalue weighted by molar-refractivity contribution is 5.94. The van der Waals surface area contributed by atoms with Crippen LogP contribution in [0.2, 0.25) is 0 Å². The first-order valence-corrected chi connectivity index (χ1v) is 8.02. The molecule has 27 heavy (non-hydrogen) atoms. The summed E-state index contributed by atoms with van der Waals surface area (Å²) in [5.74, 6) is -2.30. The molecule has 4 N–H and O–H groups in total. The second-order valence-electron chi connectivity index (χ2n) is 5.79. The summed E-state index contributed by atoms with van der Waals surface area (Å²) in [6, 6.07) is 14.7. The lowest BCUT2D eigenvalue weighted by Gasteiger charge is -2.14. The summed E-state index contributed by atoms with van der Waals surface area (Å²) in [5.41, 5.74) is 11.2. The minimum atomic E-state index is -0.901. The van der Waals surface area contributed by atoms with Gasteiger partial charge in [0.2, 0.25) is 5.76 Å². The van der Waals surface area contributed by atoms with Crippen molar-refractivity contribution in [2.24, 2.45) is 5.73 Å². The van der Waals surface area contributed by atoms with E-state index in [1.807, 2.05) is 42.5 Å². The molecule has 2 aromatic carbocycles. The average molecular weight is 368 g/mol. The van der Waals surface area contributed by atoms with Gasteiger partial charge in [0.05, 0.1) is 12.1 Å². The molecule has 1 heterocycles. The number of hydrazine groups is 1. The number of nitrogens with zero attached hydrogens (tertiary/aromatic N) is 1. The minimum absolute atomic E-state index is 0.273. The van der Waals surface area contributed by atoms with Crippen LogP contribution in [0.4, 0.5) is 5.88 Å². The molecule has 1 unspecified atom stereocenters. The molecule has 0 aliphatic heterocycles. The summed E-state index contributed by atoms with van der Waals surface area (Å²) in [6.07, 6.45) is 0.273. The standard InChI is InChI=1S/C18H16N4O5/c19-14(10-12-6-3-5-11-4-1-2-7-13(11)12)17(23)20-21-18(24)15-8-9-16(27-15)22(25)26/h1-9,14H,10,19H2,(H,20,23)(H,21,24). The molecule has 0 spiro atoms. The predicted molar refractivity (Wildman–Crippen MR) is 96.6 cm³/mol. The number of carbonyl (C=O) groups is 2.